The predicted octanol–water partition coefficient (Wildman–Crippen LogP) is 2.02. The number of hydrogen-bond donors (Lipinski definition) is 1. The topological polar surface area (TPSA) is 51.2 Å². The van der Waals surface area contributed by atoms with E-state index in [9.17, 15) is 4.79 Å². The van der Waals surface area contributed by atoms with Crippen molar-refractivity contribution in [1.29, 1.82) is 0 Å². The number of pyridine rings is 1. The van der Waals surface area contributed by atoms with Crippen molar-refractivity contribution in [3.63, 3.8) is 0 Å². The number of hydroxylamine groups is 1. The van der Waals surface area contributed by atoms with Crippen molar-refractivity contribution in [2.24, 2.45) is 0 Å². The lowest BCUT2D eigenvalue weighted by Gasteiger charge is -2.03. The van der Waals surface area contributed by atoms with Crippen LogP contribution in [0.4, 0.5) is 0 Å². The number of aromatic nitrogens is 1. The molecule has 1 aromatic rings. The summed E-state index contributed by atoms with van der Waals surface area (Å²) in [6, 6.07) is 3.52. The fourth-order valence-electron chi connectivity index (χ4n) is 0.902. The molecule has 1 aromatic heterocycles. The molecule has 0 fully saturated rings. The van der Waals surface area contributed by atoms with Gasteiger partial charge in [-0.3, -0.25) is 9.63 Å². The van der Waals surface area contributed by atoms with Crippen LogP contribution in [-0.4, -0.2) is 18.0 Å². The molecule has 0 saturated heterocycles. The third kappa shape index (κ3) is 4.08. The van der Waals surface area contributed by atoms with Crippen LogP contribution >= 0.6 is 0 Å². The first-order valence-corrected chi connectivity index (χ1v) is 4.92. The van der Waals surface area contributed by atoms with Crippen LogP contribution in [0.1, 0.15) is 35.6 Å². The smallest absolute Gasteiger partial charge is 0.277 e. The monoisotopic (exact) mass is 210 g/mol. The number of amides is 1. The Balaban J connectivity index is 0.000000921. The molecule has 0 unspecified atom stereocenters. The minimum Gasteiger partial charge on any atom is -0.277 e. The molecular weight excluding hydrogens is 192 g/mol. The number of carbonyl (C=O) groups excluding carboxylic acids is 1. The Morgan fingerprint density at radius 2 is 1.93 bits per heavy atom. The van der Waals surface area contributed by atoms with Gasteiger partial charge >= 0.3 is 0 Å². The van der Waals surface area contributed by atoms with Gasteiger partial charge in [0.1, 0.15) is 5.69 Å². The largest absolute Gasteiger partial charge is 0.293 e. The molecule has 0 spiro atoms. The number of nitrogens with zero attached hydrogens (tertiary/aromatic N) is 1. The molecule has 84 valence electrons. The van der Waals surface area contributed by atoms with E-state index in [1.807, 2.05) is 33.8 Å². The Kier molecular flexibility index (Phi) is 6.29. The van der Waals surface area contributed by atoms with Crippen LogP contribution in [0.25, 0.3) is 0 Å². The minimum atomic E-state index is -0.328. The van der Waals surface area contributed by atoms with Gasteiger partial charge in [0, 0.05) is 5.69 Å². The second kappa shape index (κ2) is 6.95. The van der Waals surface area contributed by atoms with E-state index < -0.39 is 0 Å². The molecule has 0 bridgehead atoms. The van der Waals surface area contributed by atoms with Gasteiger partial charge in [-0.2, -0.15) is 0 Å². The van der Waals surface area contributed by atoms with Crippen molar-refractivity contribution in [3.05, 3.63) is 29.1 Å². The first kappa shape index (κ1) is 13.6. The molecule has 1 amide bonds. The van der Waals surface area contributed by atoms with E-state index in [2.05, 4.69) is 15.3 Å². The van der Waals surface area contributed by atoms with Crippen LogP contribution in [0.2, 0.25) is 0 Å². The van der Waals surface area contributed by atoms with Gasteiger partial charge in [0.15, 0.2) is 0 Å². The van der Waals surface area contributed by atoms with Gasteiger partial charge in [0.05, 0.1) is 7.11 Å². The molecule has 0 saturated carbocycles. The lowest BCUT2D eigenvalue weighted by atomic mass is 10.2. The van der Waals surface area contributed by atoms with Gasteiger partial charge in [0.25, 0.3) is 5.91 Å². The van der Waals surface area contributed by atoms with E-state index in [4.69, 9.17) is 0 Å². The highest BCUT2D eigenvalue weighted by Gasteiger charge is 2.06. The summed E-state index contributed by atoms with van der Waals surface area (Å²) in [7, 11) is 1.39. The fraction of sp³-hybridized carbons (Fsp3) is 0.455. The molecule has 0 aromatic carbocycles. The summed E-state index contributed by atoms with van der Waals surface area (Å²) in [5.74, 6) is -0.328. The first-order chi connectivity index (χ1) is 7.15. The molecule has 1 N–H and O–H groups in total. The van der Waals surface area contributed by atoms with E-state index in [-0.39, 0.29) is 5.91 Å². The van der Waals surface area contributed by atoms with E-state index in [0.717, 1.165) is 11.3 Å². The zero-order chi connectivity index (χ0) is 11.8. The van der Waals surface area contributed by atoms with E-state index in [1.54, 1.807) is 6.07 Å². The zero-order valence-electron chi connectivity index (χ0n) is 9.92. The SMILES string of the molecule is CC.CONC(=O)c1ccc(C)c(C)n1. The molecule has 15 heavy (non-hydrogen) atoms. The Bertz CT molecular complexity index is 324. The van der Waals surface area contributed by atoms with Crippen molar-refractivity contribution in [1.82, 2.24) is 10.5 Å². The predicted molar refractivity (Wildman–Crippen MR) is 59.5 cm³/mol. The Morgan fingerprint density at radius 1 is 1.33 bits per heavy atom. The number of carbonyl (C=O) groups is 1. The highest BCUT2D eigenvalue weighted by molar-refractivity contribution is 5.91. The van der Waals surface area contributed by atoms with Gasteiger partial charge < -0.3 is 0 Å². The number of aryl methyl sites for hydroxylation is 2. The summed E-state index contributed by atoms with van der Waals surface area (Å²) in [5, 5.41) is 0. The normalized spacial score (nSPS) is 8.87. The van der Waals surface area contributed by atoms with Crippen molar-refractivity contribution in [3.8, 4) is 0 Å². The molecule has 4 nitrogen and oxygen atoms in total. The van der Waals surface area contributed by atoms with Gasteiger partial charge in [-0.15, -0.1) is 0 Å². The van der Waals surface area contributed by atoms with Crippen LogP contribution < -0.4 is 5.48 Å². The van der Waals surface area contributed by atoms with Crippen LogP contribution in [0.3, 0.4) is 0 Å². The highest BCUT2D eigenvalue weighted by atomic mass is 16.6. The molecule has 0 aliphatic rings. The average Bonchev–Trinajstić information content (AvgIpc) is 2.25. The second-order valence-electron chi connectivity index (χ2n) is 2.73. The van der Waals surface area contributed by atoms with Crippen LogP contribution in [-0.2, 0) is 4.84 Å². The molecule has 0 aliphatic carbocycles. The van der Waals surface area contributed by atoms with Gasteiger partial charge in [-0.25, -0.2) is 10.5 Å². The van der Waals surface area contributed by atoms with Crippen LogP contribution in [0.5, 0.6) is 0 Å². The number of nitrogens with one attached hydrogen (secondary N) is 1. The van der Waals surface area contributed by atoms with Crippen molar-refractivity contribution >= 4 is 5.91 Å². The molecule has 1 rings (SSSR count). The van der Waals surface area contributed by atoms with E-state index >= 15 is 0 Å². The quantitative estimate of drug-likeness (QED) is 0.760. The van der Waals surface area contributed by atoms with Gasteiger partial charge in [0.2, 0.25) is 0 Å². The Labute approximate surface area is 90.6 Å². The lowest BCUT2D eigenvalue weighted by Crippen LogP contribution is -2.23. The number of hydrogen-bond acceptors (Lipinski definition) is 3. The maximum atomic E-state index is 11.2. The zero-order valence-corrected chi connectivity index (χ0v) is 9.92. The van der Waals surface area contributed by atoms with Gasteiger partial charge in [-0.05, 0) is 25.5 Å². The third-order valence-electron chi connectivity index (χ3n) is 1.78. The minimum absolute atomic E-state index is 0.328. The summed E-state index contributed by atoms with van der Waals surface area (Å²) in [4.78, 5) is 19.8. The third-order valence-corrected chi connectivity index (χ3v) is 1.78. The van der Waals surface area contributed by atoms with Gasteiger partial charge in [-0.1, -0.05) is 19.9 Å². The summed E-state index contributed by atoms with van der Waals surface area (Å²) in [5.41, 5.74) is 4.49. The van der Waals surface area contributed by atoms with E-state index in [0.29, 0.717) is 5.69 Å². The Morgan fingerprint density at radius 3 is 2.40 bits per heavy atom. The Hall–Kier alpha value is -1.42. The molecule has 4 heteroatoms. The van der Waals surface area contributed by atoms with Crippen LogP contribution in [0.15, 0.2) is 12.1 Å². The second-order valence-corrected chi connectivity index (χ2v) is 2.73. The molecule has 0 aliphatic heterocycles. The maximum absolute atomic E-state index is 11.2. The van der Waals surface area contributed by atoms with Crippen molar-refractivity contribution in [2.45, 2.75) is 27.7 Å². The molecular formula is C11H18N2O2. The molecule has 0 atom stereocenters. The summed E-state index contributed by atoms with van der Waals surface area (Å²) >= 11 is 0. The summed E-state index contributed by atoms with van der Waals surface area (Å²) in [6.45, 7) is 7.80. The molecule has 1 heterocycles. The summed E-state index contributed by atoms with van der Waals surface area (Å²) in [6.07, 6.45) is 0. The summed E-state index contributed by atoms with van der Waals surface area (Å²) < 4.78 is 0. The molecule has 0 radical (unpaired) electrons. The highest BCUT2D eigenvalue weighted by Crippen LogP contribution is 2.04. The maximum Gasteiger partial charge on any atom is 0.293 e. The fourth-order valence-corrected chi connectivity index (χ4v) is 0.902. The first-order valence-electron chi connectivity index (χ1n) is 4.92. The van der Waals surface area contributed by atoms with Crippen molar-refractivity contribution < 1.29 is 9.63 Å². The average molecular weight is 210 g/mol. The standard InChI is InChI=1S/C9H12N2O2.C2H6/c1-6-4-5-8(10-7(6)2)9(12)11-13-3;1-2/h4-5H,1-3H3,(H,11,12);1-2H3. The lowest BCUT2D eigenvalue weighted by molar-refractivity contribution is 0.0532. The van der Waals surface area contributed by atoms with Crippen LogP contribution in [0, 0.1) is 13.8 Å². The van der Waals surface area contributed by atoms with Crippen molar-refractivity contribution in [2.75, 3.05) is 7.11 Å². The van der Waals surface area contributed by atoms with E-state index in [1.165, 1.54) is 7.11 Å². The number of rotatable bonds is 2.